The minimum absolute atomic E-state index is 0.0814. The zero-order valence-corrected chi connectivity index (χ0v) is 13.8. The minimum atomic E-state index is -0.750. The molecule has 0 aliphatic rings. The molecular formula is C18H26N2O2. The van der Waals surface area contributed by atoms with E-state index in [1.807, 2.05) is 4.90 Å². The van der Waals surface area contributed by atoms with E-state index < -0.39 is 6.04 Å². The Bertz CT molecular complexity index is 483. The van der Waals surface area contributed by atoms with Crippen molar-refractivity contribution in [2.45, 2.75) is 45.6 Å². The first kappa shape index (κ1) is 18.0. The van der Waals surface area contributed by atoms with Gasteiger partial charge in [-0.1, -0.05) is 26.7 Å². The summed E-state index contributed by atoms with van der Waals surface area (Å²) in [7, 11) is 1.60. The number of carbonyl (C=O) groups is 1. The van der Waals surface area contributed by atoms with Crippen LogP contribution < -0.4 is 4.74 Å². The molecular weight excluding hydrogens is 276 g/mol. The van der Waals surface area contributed by atoms with E-state index >= 15 is 0 Å². The molecule has 4 heteroatoms. The molecule has 0 radical (unpaired) electrons. The van der Waals surface area contributed by atoms with Crippen LogP contribution in [0.2, 0.25) is 0 Å². The summed E-state index contributed by atoms with van der Waals surface area (Å²) in [5.74, 6) is 0.649. The van der Waals surface area contributed by atoms with E-state index in [1.54, 1.807) is 31.4 Å². The molecule has 0 N–H and O–H groups in total. The van der Waals surface area contributed by atoms with Crippen molar-refractivity contribution in [2.75, 3.05) is 20.2 Å². The number of carbonyl (C=O) groups excluding carboxylic acids is 1. The van der Waals surface area contributed by atoms with Gasteiger partial charge in [-0.2, -0.15) is 0 Å². The maximum atomic E-state index is 12.7. The summed E-state index contributed by atoms with van der Waals surface area (Å²) >= 11 is 0. The van der Waals surface area contributed by atoms with Crippen LogP contribution in [-0.2, 0) is 4.79 Å². The highest BCUT2D eigenvalue weighted by molar-refractivity contribution is 5.85. The summed E-state index contributed by atoms with van der Waals surface area (Å²) in [5.41, 5.74) is 0.735. The Labute approximate surface area is 133 Å². The molecule has 0 saturated carbocycles. The molecule has 1 atom stereocenters. The number of hydrogen-bond donors (Lipinski definition) is 0. The summed E-state index contributed by atoms with van der Waals surface area (Å²) in [6.45, 7) is 13.1. The predicted octanol–water partition coefficient (Wildman–Crippen LogP) is 4.08. The van der Waals surface area contributed by atoms with Crippen molar-refractivity contribution in [1.29, 1.82) is 0 Å². The number of benzene rings is 1. The molecule has 22 heavy (non-hydrogen) atoms. The maximum absolute atomic E-state index is 12.7. The Morgan fingerprint density at radius 3 is 2.14 bits per heavy atom. The van der Waals surface area contributed by atoms with Crippen molar-refractivity contribution in [3.8, 4) is 5.75 Å². The fourth-order valence-corrected chi connectivity index (χ4v) is 2.26. The number of rotatable bonds is 9. The second kappa shape index (κ2) is 9.83. The molecule has 0 aliphatic carbocycles. The van der Waals surface area contributed by atoms with Crippen LogP contribution in [0, 0.1) is 6.57 Å². The number of hydrogen-bond acceptors (Lipinski definition) is 2. The molecule has 0 aromatic heterocycles. The average molecular weight is 302 g/mol. The summed E-state index contributed by atoms with van der Waals surface area (Å²) in [6.07, 6.45) is 4.04. The van der Waals surface area contributed by atoms with Crippen LogP contribution in [0.25, 0.3) is 4.85 Å². The van der Waals surface area contributed by atoms with Gasteiger partial charge in [-0.05, 0) is 37.1 Å². The Balaban J connectivity index is 2.88. The van der Waals surface area contributed by atoms with Gasteiger partial charge >= 0.3 is 11.9 Å². The van der Waals surface area contributed by atoms with Gasteiger partial charge in [0.2, 0.25) is 0 Å². The van der Waals surface area contributed by atoms with Crippen LogP contribution in [0.15, 0.2) is 24.3 Å². The lowest BCUT2D eigenvalue weighted by molar-refractivity contribution is -0.132. The third-order valence-electron chi connectivity index (χ3n) is 3.67. The highest BCUT2D eigenvalue weighted by atomic mass is 16.5. The lowest BCUT2D eigenvalue weighted by atomic mass is 10.1. The molecule has 1 unspecified atom stereocenters. The van der Waals surface area contributed by atoms with E-state index in [2.05, 4.69) is 18.7 Å². The Hall–Kier alpha value is -2.02. The topological polar surface area (TPSA) is 33.9 Å². The fraction of sp³-hybridized carbons (Fsp3) is 0.556. The number of unbranched alkanes of at least 4 members (excludes halogenated alkanes) is 2. The van der Waals surface area contributed by atoms with Crippen LogP contribution >= 0.6 is 0 Å². The average Bonchev–Trinajstić information content (AvgIpc) is 2.56. The van der Waals surface area contributed by atoms with Crippen LogP contribution in [0.5, 0.6) is 5.75 Å². The van der Waals surface area contributed by atoms with E-state index in [0.29, 0.717) is 0 Å². The Morgan fingerprint density at radius 2 is 1.73 bits per heavy atom. The molecule has 1 aromatic carbocycles. The normalized spacial score (nSPS) is 11.5. The van der Waals surface area contributed by atoms with E-state index in [9.17, 15) is 4.79 Å². The van der Waals surface area contributed by atoms with Gasteiger partial charge in [-0.3, -0.25) is 9.64 Å². The third kappa shape index (κ3) is 5.07. The van der Waals surface area contributed by atoms with Crippen molar-refractivity contribution >= 4 is 5.91 Å². The first-order valence-corrected chi connectivity index (χ1v) is 7.97. The smallest absolute Gasteiger partial charge is 0.325 e. The Kier molecular flexibility index (Phi) is 8.06. The summed E-state index contributed by atoms with van der Waals surface area (Å²) < 4.78 is 5.12. The Morgan fingerprint density at radius 1 is 1.18 bits per heavy atom. The van der Waals surface area contributed by atoms with Crippen molar-refractivity contribution in [3.63, 3.8) is 0 Å². The molecule has 0 bridgehead atoms. The molecule has 1 amide bonds. The fourth-order valence-electron chi connectivity index (χ4n) is 2.26. The standard InChI is InChI=1S/C18H26N2O2/c1-5-7-13-20(14-8-6-2)18(21)17(19-3)15-9-11-16(22-4)12-10-15/h9-12,17H,5-8,13-14H2,1-2,4H3. The van der Waals surface area contributed by atoms with Gasteiger partial charge in [0, 0.05) is 18.7 Å². The second-order valence-electron chi connectivity index (χ2n) is 5.34. The maximum Gasteiger partial charge on any atom is 0.325 e. The number of amides is 1. The van der Waals surface area contributed by atoms with Gasteiger partial charge in [-0.15, -0.1) is 0 Å². The lowest BCUT2D eigenvalue weighted by Crippen LogP contribution is -2.35. The van der Waals surface area contributed by atoms with Crippen molar-refractivity contribution < 1.29 is 9.53 Å². The van der Waals surface area contributed by atoms with Gasteiger partial charge in [0.25, 0.3) is 0 Å². The van der Waals surface area contributed by atoms with E-state index in [4.69, 9.17) is 11.3 Å². The first-order valence-electron chi connectivity index (χ1n) is 7.97. The molecule has 1 aromatic rings. The molecule has 0 heterocycles. The third-order valence-corrected chi connectivity index (χ3v) is 3.67. The SMILES string of the molecule is [C-]#[N+]C(C(=O)N(CCCC)CCCC)c1ccc(OC)cc1. The minimum Gasteiger partial charge on any atom is -0.497 e. The molecule has 120 valence electrons. The second-order valence-corrected chi connectivity index (χ2v) is 5.34. The van der Waals surface area contributed by atoms with Crippen LogP contribution in [0.1, 0.15) is 51.1 Å². The van der Waals surface area contributed by atoms with Gasteiger partial charge < -0.3 is 9.64 Å². The van der Waals surface area contributed by atoms with E-state index in [1.165, 1.54) is 0 Å². The zero-order valence-electron chi connectivity index (χ0n) is 13.8. The van der Waals surface area contributed by atoms with Crippen molar-refractivity contribution in [1.82, 2.24) is 4.90 Å². The first-order chi connectivity index (χ1) is 10.7. The van der Waals surface area contributed by atoms with Gasteiger partial charge in [0.1, 0.15) is 5.75 Å². The van der Waals surface area contributed by atoms with Crippen molar-refractivity contribution in [2.24, 2.45) is 0 Å². The molecule has 0 fully saturated rings. The lowest BCUT2D eigenvalue weighted by Gasteiger charge is -2.23. The molecule has 0 aliphatic heterocycles. The quantitative estimate of drug-likeness (QED) is 0.644. The van der Waals surface area contributed by atoms with Gasteiger partial charge in [0.15, 0.2) is 0 Å². The summed E-state index contributed by atoms with van der Waals surface area (Å²) in [5, 5.41) is 0. The summed E-state index contributed by atoms with van der Waals surface area (Å²) in [4.78, 5) is 18.1. The van der Waals surface area contributed by atoms with Gasteiger partial charge in [0.05, 0.1) is 7.11 Å². The molecule has 0 spiro atoms. The van der Waals surface area contributed by atoms with Crippen LogP contribution in [0.4, 0.5) is 0 Å². The molecule has 0 saturated heterocycles. The van der Waals surface area contributed by atoms with Crippen molar-refractivity contribution in [3.05, 3.63) is 41.2 Å². The summed E-state index contributed by atoms with van der Waals surface area (Å²) in [6, 6.07) is 6.45. The zero-order chi connectivity index (χ0) is 16.4. The highest BCUT2D eigenvalue weighted by Gasteiger charge is 2.30. The van der Waals surface area contributed by atoms with E-state index in [0.717, 1.165) is 50.1 Å². The molecule has 4 nitrogen and oxygen atoms in total. The van der Waals surface area contributed by atoms with E-state index in [-0.39, 0.29) is 5.91 Å². The molecule has 1 rings (SSSR count). The highest BCUT2D eigenvalue weighted by Crippen LogP contribution is 2.23. The van der Waals surface area contributed by atoms with Crippen LogP contribution in [-0.4, -0.2) is 31.0 Å². The van der Waals surface area contributed by atoms with Crippen LogP contribution in [0.3, 0.4) is 0 Å². The number of methoxy groups -OCH3 is 1. The number of nitrogens with zero attached hydrogens (tertiary/aromatic N) is 2. The number of ether oxygens (including phenoxy) is 1. The monoisotopic (exact) mass is 302 g/mol. The predicted molar refractivity (Wildman–Crippen MR) is 88.7 cm³/mol. The van der Waals surface area contributed by atoms with Gasteiger partial charge in [-0.25, -0.2) is 6.57 Å². The largest absolute Gasteiger partial charge is 0.497 e.